The maximum Gasteiger partial charge on any atom is 0.306 e. The number of hydrogen-bond acceptors (Lipinski definition) is 5. The van der Waals surface area contributed by atoms with Crippen molar-refractivity contribution in [3.8, 4) is 0 Å². The van der Waals surface area contributed by atoms with E-state index in [0.717, 1.165) is 96.3 Å². The Bertz CT molecular complexity index is 1400. The van der Waals surface area contributed by atoms with Crippen molar-refractivity contribution in [1.29, 1.82) is 0 Å². The molecule has 0 aromatic carbocycles. The summed E-state index contributed by atoms with van der Waals surface area (Å²) in [5.41, 5.74) is 0. The Morgan fingerprint density at radius 2 is 0.568 bits per heavy atom. The van der Waals surface area contributed by atoms with E-state index >= 15 is 0 Å². The molecule has 0 aromatic heterocycles. The molecular weight excluding hydrogens is 909 g/mol. The van der Waals surface area contributed by atoms with Gasteiger partial charge in [-0.15, -0.1) is 0 Å². The number of hydrogen-bond donors (Lipinski definition) is 0. The molecule has 0 N–H and O–H groups in total. The highest BCUT2D eigenvalue weighted by Gasteiger charge is 2.17. The van der Waals surface area contributed by atoms with Gasteiger partial charge in [0.25, 0.3) is 0 Å². The summed E-state index contributed by atoms with van der Waals surface area (Å²) in [6.07, 6.45) is 87.2. The molecule has 5 nitrogen and oxygen atoms in total. The average molecular weight is 1030 g/mol. The molecule has 0 aliphatic heterocycles. The quantitative estimate of drug-likeness (QED) is 0.0345. The second-order valence-electron chi connectivity index (χ2n) is 21.0. The van der Waals surface area contributed by atoms with Gasteiger partial charge in [0.15, 0.2) is 6.10 Å². The molecule has 0 spiro atoms. The van der Waals surface area contributed by atoms with Crippen molar-refractivity contribution in [2.75, 3.05) is 19.8 Å². The molecule has 0 radical (unpaired) electrons. The first kappa shape index (κ1) is 70.8. The van der Waals surface area contributed by atoms with Gasteiger partial charge < -0.3 is 14.2 Å². The third-order valence-electron chi connectivity index (χ3n) is 13.6. The summed E-state index contributed by atoms with van der Waals surface area (Å²) in [5.74, 6) is -0.421. The van der Waals surface area contributed by atoms with E-state index < -0.39 is 6.10 Å². The van der Waals surface area contributed by atoms with E-state index in [1.807, 2.05) is 0 Å². The van der Waals surface area contributed by atoms with Crippen LogP contribution in [0.5, 0.6) is 0 Å². The number of carbonyl (C=O) groups excluding carboxylic acids is 2. The van der Waals surface area contributed by atoms with Crippen molar-refractivity contribution in [1.82, 2.24) is 0 Å². The number of esters is 2. The first-order valence-electron chi connectivity index (χ1n) is 31.8. The minimum absolute atomic E-state index is 0.0683. The molecule has 0 fully saturated rings. The minimum Gasteiger partial charge on any atom is -0.462 e. The number of unbranched alkanes of at least 4 members (excludes halogenated alkanes) is 31. The number of ether oxygens (including phenoxy) is 3. The smallest absolute Gasteiger partial charge is 0.306 e. The molecular formula is C69H120O5. The topological polar surface area (TPSA) is 61.8 Å². The summed E-state index contributed by atoms with van der Waals surface area (Å²) in [4.78, 5) is 25.6. The lowest BCUT2D eigenvalue weighted by atomic mass is 10.1. The van der Waals surface area contributed by atoms with Crippen molar-refractivity contribution < 1.29 is 23.8 Å². The third-order valence-corrected chi connectivity index (χ3v) is 13.6. The highest BCUT2D eigenvalue weighted by atomic mass is 16.6. The Labute approximate surface area is 460 Å². The van der Waals surface area contributed by atoms with Gasteiger partial charge in [0.2, 0.25) is 0 Å². The Balaban J connectivity index is 4.35. The van der Waals surface area contributed by atoms with Crippen LogP contribution in [0.3, 0.4) is 0 Å². The molecule has 1 atom stereocenters. The second kappa shape index (κ2) is 64.1. The molecule has 0 saturated carbocycles. The SMILES string of the molecule is CCCCC/C=C\C/C=C\C/C=C\CCCCCCCCC(=O)OCC(COCCCCCCCCCCCC/C=C\C/C=C\CCCCC)OC(=O)CCCCCCCC/C=C\C/C=C\C/C=C\CCCCC. The zero-order valence-corrected chi connectivity index (χ0v) is 49.1. The molecule has 0 aliphatic carbocycles. The predicted molar refractivity (Wildman–Crippen MR) is 325 cm³/mol. The van der Waals surface area contributed by atoms with Crippen LogP contribution in [0.4, 0.5) is 0 Å². The fourth-order valence-corrected chi connectivity index (χ4v) is 8.79. The van der Waals surface area contributed by atoms with Crippen molar-refractivity contribution >= 4 is 11.9 Å². The lowest BCUT2D eigenvalue weighted by molar-refractivity contribution is -0.163. The largest absolute Gasteiger partial charge is 0.462 e. The van der Waals surface area contributed by atoms with Crippen molar-refractivity contribution in [2.45, 2.75) is 309 Å². The molecule has 0 heterocycles. The van der Waals surface area contributed by atoms with E-state index in [-0.39, 0.29) is 25.2 Å². The van der Waals surface area contributed by atoms with Crippen LogP contribution in [0.2, 0.25) is 0 Å². The van der Waals surface area contributed by atoms with E-state index in [1.54, 1.807) is 0 Å². The van der Waals surface area contributed by atoms with Gasteiger partial charge in [0, 0.05) is 19.4 Å². The lowest BCUT2D eigenvalue weighted by Gasteiger charge is -2.18. The van der Waals surface area contributed by atoms with Crippen LogP contribution >= 0.6 is 0 Å². The Morgan fingerprint density at radius 1 is 0.297 bits per heavy atom. The van der Waals surface area contributed by atoms with E-state index in [0.29, 0.717) is 19.4 Å². The third kappa shape index (κ3) is 61.4. The highest BCUT2D eigenvalue weighted by molar-refractivity contribution is 5.70. The van der Waals surface area contributed by atoms with Crippen LogP contribution in [0.1, 0.15) is 303 Å². The summed E-state index contributed by atoms with van der Waals surface area (Å²) in [7, 11) is 0. The number of allylic oxidation sites excluding steroid dienone is 16. The van der Waals surface area contributed by atoms with Crippen LogP contribution in [0, 0.1) is 0 Å². The Kier molecular flexibility index (Phi) is 61.4. The van der Waals surface area contributed by atoms with Crippen LogP contribution < -0.4 is 0 Å². The standard InChI is InChI=1S/C69H120O5/c1-4-7-10-13-16-19-22-25-28-31-34-37-40-43-46-49-52-55-58-61-64-72-65-67(74-69(71)63-60-57-54-51-48-45-42-39-36-33-30-27-24-21-18-15-12-9-6-3)66-73-68(70)62-59-56-53-50-47-44-41-38-35-32-29-26-23-20-17-14-11-8-5-2/h16-21,25-30,35-36,38-39,67H,4-15,22-24,31-34,37,40-66H2,1-3H3/b19-16-,20-17-,21-18-,28-25-,29-26-,30-27-,38-35-,39-36-. The van der Waals surface area contributed by atoms with Gasteiger partial charge in [-0.2, -0.15) is 0 Å². The lowest BCUT2D eigenvalue weighted by Crippen LogP contribution is -2.30. The molecule has 0 rings (SSSR count). The second-order valence-corrected chi connectivity index (χ2v) is 21.0. The van der Waals surface area contributed by atoms with E-state index in [4.69, 9.17) is 14.2 Å². The van der Waals surface area contributed by atoms with Gasteiger partial charge in [-0.25, -0.2) is 0 Å². The fraction of sp³-hybridized carbons (Fsp3) is 0.739. The Hall–Kier alpha value is -3.18. The molecule has 0 aromatic rings. The first-order valence-corrected chi connectivity index (χ1v) is 31.8. The van der Waals surface area contributed by atoms with E-state index in [1.165, 1.54) is 173 Å². The van der Waals surface area contributed by atoms with E-state index in [9.17, 15) is 9.59 Å². The van der Waals surface area contributed by atoms with Gasteiger partial charge in [-0.05, 0) is 128 Å². The summed E-state index contributed by atoms with van der Waals surface area (Å²) in [6.45, 7) is 7.74. The molecule has 426 valence electrons. The summed E-state index contributed by atoms with van der Waals surface area (Å²) in [5, 5.41) is 0. The van der Waals surface area contributed by atoms with Crippen LogP contribution in [0.15, 0.2) is 97.2 Å². The summed E-state index contributed by atoms with van der Waals surface area (Å²) in [6, 6.07) is 0. The molecule has 5 heteroatoms. The van der Waals surface area contributed by atoms with Crippen LogP contribution in [-0.2, 0) is 23.8 Å². The minimum atomic E-state index is -0.558. The maximum absolute atomic E-state index is 12.9. The van der Waals surface area contributed by atoms with Crippen molar-refractivity contribution in [2.24, 2.45) is 0 Å². The number of carbonyl (C=O) groups is 2. The predicted octanol–water partition coefficient (Wildman–Crippen LogP) is 22.1. The monoisotopic (exact) mass is 1030 g/mol. The van der Waals surface area contributed by atoms with Crippen LogP contribution in [-0.4, -0.2) is 37.9 Å². The molecule has 1 unspecified atom stereocenters. The van der Waals surface area contributed by atoms with Gasteiger partial charge in [0.1, 0.15) is 6.61 Å². The fourth-order valence-electron chi connectivity index (χ4n) is 8.79. The van der Waals surface area contributed by atoms with Gasteiger partial charge in [-0.3, -0.25) is 9.59 Å². The molecule has 0 saturated heterocycles. The van der Waals surface area contributed by atoms with Gasteiger partial charge in [-0.1, -0.05) is 259 Å². The maximum atomic E-state index is 12.9. The Morgan fingerprint density at radius 3 is 0.905 bits per heavy atom. The highest BCUT2D eigenvalue weighted by Crippen LogP contribution is 2.15. The first-order chi connectivity index (χ1) is 36.6. The summed E-state index contributed by atoms with van der Waals surface area (Å²) < 4.78 is 17.5. The number of rotatable bonds is 58. The zero-order chi connectivity index (χ0) is 53.4. The van der Waals surface area contributed by atoms with Crippen molar-refractivity contribution in [3.63, 3.8) is 0 Å². The normalized spacial score (nSPS) is 12.9. The molecule has 0 aliphatic rings. The molecule has 0 amide bonds. The molecule has 0 bridgehead atoms. The van der Waals surface area contributed by atoms with Crippen molar-refractivity contribution in [3.05, 3.63) is 97.2 Å². The van der Waals surface area contributed by atoms with E-state index in [2.05, 4.69) is 118 Å². The molecule has 74 heavy (non-hydrogen) atoms. The van der Waals surface area contributed by atoms with Gasteiger partial charge >= 0.3 is 11.9 Å². The zero-order valence-electron chi connectivity index (χ0n) is 49.1. The van der Waals surface area contributed by atoms with Crippen LogP contribution in [0.25, 0.3) is 0 Å². The summed E-state index contributed by atoms with van der Waals surface area (Å²) >= 11 is 0. The van der Waals surface area contributed by atoms with Gasteiger partial charge in [0.05, 0.1) is 6.61 Å². The average Bonchev–Trinajstić information content (AvgIpc) is 3.40.